The van der Waals surface area contributed by atoms with Gasteiger partial charge in [0.15, 0.2) is 6.61 Å². The molecule has 0 aliphatic rings. The molecule has 2 aromatic carbocycles. The first-order valence-electron chi connectivity index (χ1n) is 9.03. The van der Waals surface area contributed by atoms with Crippen molar-refractivity contribution in [3.8, 4) is 11.5 Å². The molecule has 0 aliphatic heterocycles. The molecule has 0 atom stereocenters. The molecule has 2 aromatic rings. The number of methoxy groups -OCH3 is 1. The van der Waals surface area contributed by atoms with Gasteiger partial charge in [0, 0.05) is 6.08 Å². The average Bonchev–Trinajstić information content (AvgIpc) is 2.69. The lowest BCUT2D eigenvalue weighted by Crippen LogP contribution is -2.43. The van der Waals surface area contributed by atoms with Gasteiger partial charge in [-0.25, -0.2) is 0 Å². The fourth-order valence-corrected chi connectivity index (χ4v) is 2.51. The molecular formula is C22H26N2O4. The Bertz CT molecular complexity index is 859. The van der Waals surface area contributed by atoms with Crippen LogP contribution in [0.2, 0.25) is 0 Å². The number of carbonyl (C=O) groups excluding carboxylic acids is 2. The van der Waals surface area contributed by atoms with Crippen LogP contribution in [0.1, 0.15) is 36.5 Å². The van der Waals surface area contributed by atoms with Gasteiger partial charge in [-0.2, -0.15) is 0 Å². The second kappa shape index (κ2) is 10.2. The van der Waals surface area contributed by atoms with Gasteiger partial charge in [0.05, 0.1) is 7.11 Å². The van der Waals surface area contributed by atoms with Gasteiger partial charge in [-0.1, -0.05) is 38.1 Å². The molecule has 148 valence electrons. The molecule has 0 unspecified atom stereocenters. The van der Waals surface area contributed by atoms with E-state index < -0.39 is 11.8 Å². The number of benzene rings is 2. The zero-order chi connectivity index (χ0) is 20.5. The van der Waals surface area contributed by atoms with Gasteiger partial charge in [-0.3, -0.25) is 20.4 Å². The molecule has 0 aromatic heterocycles. The van der Waals surface area contributed by atoms with Gasteiger partial charge in [0.1, 0.15) is 11.5 Å². The van der Waals surface area contributed by atoms with Crippen LogP contribution in [-0.2, 0) is 9.59 Å². The van der Waals surface area contributed by atoms with Crippen LogP contribution in [-0.4, -0.2) is 25.5 Å². The summed E-state index contributed by atoms with van der Waals surface area (Å²) in [5, 5.41) is 0. The van der Waals surface area contributed by atoms with E-state index in [9.17, 15) is 9.59 Å². The standard InChI is InChI=1S/C22H26N2O4/c1-15(2)19-10-8-16(3)12-20(19)28-14-22(26)24-23-21(25)11-9-17-6-5-7-18(13-17)27-4/h5-13,15H,14H2,1-4H3,(H,23,25)(H,24,26)/b11-9+. The molecule has 6 nitrogen and oxygen atoms in total. The highest BCUT2D eigenvalue weighted by Gasteiger charge is 2.10. The van der Waals surface area contributed by atoms with Crippen molar-refractivity contribution >= 4 is 17.9 Å². The lowest BCUT2D eigenvalue weighted by molar-refractivity contribution is -0.128. The molecule has 2 amide bonds. The molecule has 0 heterocycles. The van der Waals surface area contributed by atoms with E-state index in [0.29, 0.717) is 11.5 Å². The van der Waals surface area contributed by atoms with Crippen LogP contribution in [0.4, 0.5) is 0 Å². The highest BCUT2D eigenvalue weighted by atomic mass is 16.5. The second-order valence-corrected chi connectivity index (χ2v) is 6.63. The molecule has 0 spiro atoms. The summed E-state index contributed by atoms with van der Waals surface area (Å²) in [6.07, 6.45) is 2.95. The molecule has 6 heteroatoms. The third-order valence-electron chi connectivity index (χ3n) is 4.00. The fourth-order valence-electron chi connectivity index (χ4n) is 2.51. The van der Waals surface area contributed by atoms with Gasteiger partial charge in [-0.05, 0) is 53.8 Å². The average molecular weight is 382 g/mol. The SMILES string of the molecule is COc1cccc(/C=C/C(=O)NNC(=O)COc2cc(C)ccc2C(C)C)c1. The minimum Gasteiger partial charge on any atom is -0.497 e. The van der Waals surface area contributed by atoms with Crippen molar-refractivity contribution in [1.82, 2.24) is 10.9 Å². The number of hydrogen-bond donors (Lipinski definition) is 2. The highest BCUT2D eigenvalue weighted by molar-refractivity contribution is 5.93. The Hall–Kier alpha value is -3.28. The smallest absolute Gasteiger partial charge is 0.276 e. The first-order chi connectivity index (χ1) is 13.4. The zero-order valence-corrected chi connectivity index (χ0v) is 16.6. The van der Waals surface area contributed by atoms with Crippen LogP contribution in [0, 0.1) is 6.92 Å². The maximum Gasteiger partial charge on any atom is 0.276 e. The second-order valence-electron chi connectivity index (χ2n) is 6.63. The van der Waals surface area contributed by atoms with Gasteiger partial charge >= 0.3 is 0 Å². The van der Waals surface area contributed by atoms with Crippen LogP contribution in [0.3, 0.4) is 0 Å². The summed E-state index contributed by atoms with van der Waals surface area (Å²) in [4.78, 5) is 23.8. The zero-order valence-electron chi connectivity index (χ0n) is 16.6. The maximum atomic E-state index is 12.0. The van der Waals surface area contributed by atoms with Crippen LogP contribution in [0.5, 0.6) is 11.5 Å². The summed E-state index contributed by atoms with van der Waals surface area (Å²) in [5.41, 5.74) is 7.56. The van der Waals surface area contributed by atoms with E-state index in [0.717, 1.165) is 16.7 Å². The van der Waals surface area contributed by atoms with E-state index in [2.05, 4.69) is 24.7 Å². The predicted octanol–water partition coefficient (Wildman–Crippen LogP) is 3.37. The molecular weight excluding hydrogens is 356 g/mol. The van der Waals surface area contributed by atoms with Crippen molar-refractivity contribution in [2.24, 2.45) is 0 Å². The summed E-state index contributed by atoms with van der Waals surface area (Å²) in [6.45, 7) is 5.90. The number of aryl methyl sites for hydroxylation is 1. The Labute approximate surface area is 165 Å². The van der Waals surface area contributed by atoms with Gasteiger partial charge in [0.2, 0.25) is 0 Å². The van der Waals surface area contributed by atoms with E-state index in [1.165, 1.54) is 6.08 Å². The van der Waals surface area contributed by atoms with Crippen LogP contribution in [0.15, 0.2) is 48.5 Å². The molecule has 0 saturated heterocycles. The lowest BCUT2D eigenvalue weighted by Gasteiger charge is -2.14. The molecule has 0 radical (unpaired) electrons. The third kappa shape index (κ3) is 6.46. The van der Waals surface area contributed by atoms with Crippen molar-refractivity contribution < 1.29 is 19.1 Å². The van der Waals surface area contributed by atoms with Gasteiger partial charge in [0.25, 0.3) is 11.8 Å². The maximum absolute atomic E-state index is 12.0. The molecule has 0 bridgehead atoms. The van der Waals surface area contributed by atoms with Crippen molar-refractivity contribution in [1.29, 1.82) is 0 Å². The number of rotatable bonds is 7. The Kier molecular flexibility index (Phi) is 7.63. The molecule has 0 saturated carbocycles. The molecule has 28 heavy (non-hydrogen) atoms. The molecule has 2 rings (SSSR count). The van der Waals surface area contributed by atoms with Crippen molar-refractivity contribution in [3.63, 3.8) is 0 Å². The van der Waals surface area contributed by atoms with E-state index in [4.69, 9.17) is 9.47 Å². The van der Waals surface area contributed by atoms with Gasteiger partial charge in [-0.15, -0.1) is 0 Å². The number of hydrogen-bond acceptors (Lipinski definition) is 4. The summed E-state index contributed by atoms with van der Waals surface area (Å²) < 4.78 is 10.8. The van der Waals surface area contributed by atoms with E-state index in [-0.39, 0.29) is 12.5 Å². The first kappa shape index (κ1) is 21.0. The molecule has 2 N–H and O–H groups in total. The fraction of sp³-hybridized carbons (Fsp3) is 0.273. The Morgan fingerprint density at radius 3 is 2.61 bits per heavy atom. The lowest BCUT2D eigenvalue weighted by atomic mass is 10.0. The predicted molar refractivity (Wildman–Crippen MR) is 109 cm³/mol. The quantitative estimate of drug-likeness (QED) is 0.569. The summed E-state index contributed by atoms with van der Waals surface area (Å²) in [5.74, 6) is 0.758. The number of hydrazine groups is 1. The number of carbonyl (C=O) groups is 2. The monoisotopic (exact) mass is 382 g/mol. The number of amides is 2. The largest absolute Gasteiger partial charge is 0.497 e. The van der Waals surface area contributed by atoms with E-state index in [1.54, 1.807) is 19.3 Å². The minimum absolute atomic E-state index is 0.191. The number of nitrogens with one attached hydrogen (secondary N) is 2. The summed E-state index contributed by atoms with van der Waals surface area (Å²) >= 11 is 0. The van der Waals surface area contributed by atoms with Crippen molar-refractivity contribution in [2.75, 3.05) is 13.7 Å². The van der Waals surface area contributed by atoms with Crippen LogP contribution in [0.25, 0.3) is 6.08 Å². The van der Waals surface area contributed by atoms with Gasteiger partial charge < -0.3 is 9.47 Å². The van der Waals surface area contributed by atoms with E-state index in [1.807, 2.05) is 43.3 Å². The summed E-state index contributed by atoms with van der Waals surface area (Å²) in [6, 6.07) is 13.2. The Balaban J connectivity index is 1.83. The van der Waals surface area contributed by atoms with Crippen molar-refractivity contribution in [3.05, 3.63) is 65.2 Å². The van der Waals surface area contributed by atoms with E-state index >= 15 is 0 Å². The molecule has 0 aliphatic carbocycles. The Morgan fingerprint density at radius 1 is 1.11 bits per heavy atom. The number of ether oxygens (including phenoxy) is 2. The summed E-state index contributed by atoms with van der Waals surface area (Å²) in [7, 11) is 1.58. The molecule has 0 fully saturated rings. The normalized spacial score (nSPS) is 10.8. The third-order valence-corrected chi connectivity index (χ3v) is 4.00. The minimum atomic E-state index is -0.449. The Morgan fingerprint density at radius 2 is 1.89 bits per heavy atom. The van der Waals surface area contributed by atoms with Crippen LogP contribution < -0.4 is 20.3 Å². The van der Waals surface area contributed by atoms with Crippen LogP contribution >= 0.6 is 0 Å². The van der Waals surface area contributed by atoms with Crippen molar-refractivity contribution in [2.45, 2.75) is 26.7 Å². The topological polar surface area (TPSA) is 76.7 Å². The highest BCUT2D eigenvalue weighted by Crippen LogP contribution is 2.27. The first-order valence-corrected chi connectivity index (χ1v) is 9.03.